The lowest BCUT2D eigenvalue weighted by Crippen LogP contribution is -2.43. The number of hydrogen-bond acceptors (Lipinski definition) is 6. The Balaban J connectivity index is 2.15. The standard InChI is InChI=1S/C13H23N3O2S/c1-4-14-7-12-11(9-17-3)15-13(19-12)16-5-6-18-8-10(16)2/h10,14H,4-9H2,1-3H3. The number of thiazole rings is 1. The molecular formula is C13H23N3O2S. The molecule has 0 saturated carbocycles. The zero-order valence-electron chi connectivity index (χ0n) is 11.9. The highest BCUT2D eigenvalue weighted by Crippen LogP contribution is 2.29. The van der Waals surface area contributed by atoms with Crippen LogP contribution in [0.1, 0.15) is 24.4 Å². The quantitative estimate of drug-likeness (QED) is 0.860. The third-order valence-corrected chi connectivity index (χ3v) is 4.33. The lowest BCUT2D eigenvalue weighted by atomic mass is 10.3. The fourth-order valence-corrected chi connectivity index (χ4v) is 3.29. The number of ether oxygens (including phenoxy) is 2. The minimum atomic E-state index is 0.391. The fraction of sp³-hybridized carbons (Fsp3) is 0.769. The van der Waals surface area contributed by atoms with Crippen LogP contribution in [0, 0.1) is 0 Å². The van der Waals surface area contributed by atoms with Crippen LogP contribution in [0.4, 0.5) is 5.13 Å². The van der Waals surface area contributed by atoms with E-state index in [0.717, 1.165) is 43.7 Å². The minimum Gasteiger partial charge on any atom is -0.378 e. The topological polar surface area (TPSA) is 46.6 Å². The molecule has 0 aromatic carbocycles. The molecule has 19 heavy (non-hydrogen) atoms. The van der Waals surface area contributed by atoms with E-state index >= 15 is 0 Å². The number of methoxy groups -OCH3 is 1. The van der Waals surface area contributed by atoms with Crippen LogP contribution in [-0.4, -0.2) is 44.4 Å². The van der Waals surface area contributed by atoms with Gasteiger partial charge in [-0.2, -0.15) is 0 Å². The monoisotopic (exact) mass is 285 g/mol. The highest BCUT2D eigenvalue weighted by molar-refractivity contribution is 7.15. The largest absolute Gasteiger partial charge is 0.378 e. The predicted molar refractivity (Wildman–Crippen MR) is 77.8 cm³/mol. The predicted octanol–water partition coefficient (Wildman–Crippen LogP) is 1.62. The van der Waals surface area contributed by atoms with E-state index in [0.29, 0.717) is 12.6 Å². The summed E-state index contributed by atoms with van der Waals surface area (Å²) in [4.78, 5) is 8.36. The molecule has 1 aromatic heterocycles. The zero-order valence-corrected chi connectivity index (χ0v) is 12.8. The second kappa shape index (κ2) is 7.19. The van der Waals surface area contributed by atoms with Gasteiger partial charge in [0, 0.05) is 25.1 Å². The van der Waals surface area contributed by atoms with E-state index in [1.165, 1.54) is 4.88 Å². The molecule has 0 aliphatic carbocycles. The molecule has 1 saturated heterocycles. The Bertz CT molecular complexity index is 397. The van der Waals surface area contributed by atoms with E-state index in [1.807, 2.05) is 0 Å². The minimum absolute atomic E-state index is 0.391. The van der Waals surface area contributed by atoms with Gasteiger partial charge in [-0.3, -0.25) is 0 Å². The second-order valence-corrected chi connectivity index (χ2v) is 5.76. The van der Waals surface area contributed by atoms with Crippen LogP contribution in [0.25, 0.3) is 0 Å². The summed E-state index contributed by atoms with van der Waals surface area (Å²) in [6.45, 7) is 9.19. The van der Waals surface area contributed by atoms with Gasteiger partial charge >= 0.3 is 0 Å². The molecule has 2 rings (SSSR count). The van der Waals surface area contributed by atoms with E-state index in [4.69, 9.17) is 14.5 Å². The summed E-state index contributed by atoms with van der Waals surface area (Å²) in [5, 5.41) is 4.46. The van der Waals surface area contributed by atoms with Gasteiger partial charge < -0.3 is 19.7 Å². The van der Waals surface area contributed by atoms with Gasteiger partial charge in [0.2, 0.25) is 0 Å². The Morgan fingerprint density at radius 3 is 3.11 bits per heavy atom. The summed E-state index contributed by atoms with van der Waals surface area (Å²) in [6, 6.07) is 0.391. The lowest BCUT2D eigenvalue weighted by molar-refractivity contribution is 0.0988. The van der Waals surface area contributed by atoms with Crippen LogP contribution >= 0.6 is 11.3 Å². The first-order chi connectivity index (χ1) is 9.26. The zero-order chi connectivity index (χ0) is 13.7. The highest BCUT2D eigenvalue weighted by Gasteiger charge is 2.23. The number of anilines is 1. The van der Waals surface area contributed by atoms with Crippen LogP contribution in [0.2, 0.25) is 0 Å². The van der Waals surface area contributed by atoms with Crippen LogP contribution in [0.3, 0.4) is 0 Å². The van der Waals surface area contributed by atoms with Crippen molar-refractivity contribution < 1.29 is 9.47 Å². The highest BCUT2D eigenvalue weighted by atomic mass is 32.1. The molecule has 108 valence electrons. The Morgan fingerprint density at radius 1 is 1.58 bits per heavy atom. The second-order valence-electron chi connectivity index (χ2n) is 4.70. The van der Waals surface area contributed by atoms with Crippen molar-refractivity contribution in [1.82, 2.24) is 10.3 Å². The first-order valence-electron chi connectivity index (χ1n) is 6.78. The molecule has 5 nitrogen and oxygen atoms in total. The molecule has 0 radical (unpaired) electrons. The Kier molecular flexibility index (Phi) is 5.57. The number of nitrogens with zero attached hydrogens (tertiary/aromatic N) is 2. The van der Waals surface area contributed by atoms with Crippen molar-refractivity contribution in [2.24, 2.45) is 0 Å². The summed E-state index contributed by atoms with van der Waals surface area (Å²) in [6.07, 6.45) is 0. The van der Waals surface area contributed by atoms with Gasteiger partial charge in [0.05, 0.1) is 31.6 Å². The molecule has 1 fully saturated rings. The molecule has 1 N–H and O–H groups in total. The summed E-state index contributed by atoms with van der Waals surface area (Å²) in [5.41, 5.74) is 1.06. The maximum Gasteiger partial charge on any atom is 0.186 e. The van der Waals surface area contributed by atoms with Crippen LogP contribution in [0.15, 0.2) is 0 Å². The first kappa shape index (κ1) is 14.7. The molecular weight excluding hydrogens is 262 g/mol. The van der Waals surface area contributed by atoms with Crippen LogP contribution < -0.4 is 10.2 Å². The molecule has 0 spiro atoms. The number of rotatable bonds is 6. The third kappa shape index (κ3) is 3.66. The van der Waals surface area contributed by atoms with E-state index in [-0.39, 0.29) is 0 Å². The summed E-state index contributed by atoms with van der Waals surface area (Å²) < 4.78 is 10.7. The first-order valence-corrected chi connectivity index (χ1v) is 7.60. The van der Waals surface area contributed by atoms with Gasteiger partial charge in [-0.1, -0.05) is 6.92 Å². The van der Waals surface area contributed by atoms with Gasteiger partial charge in [0.15, 0.2) is 5.13 Å². The Labute approximate surface area is 118 Å². The number of nitrogens with one attached hydrogen (secondary N) is 1. The number of hydrogen-bond donors (Lipinski definition) is 1. The van der Waals surface area contributed by atoms with Gasteiger partial charge in [-0.25, -0.2) is 4.98 Å². The van der Waals surface area contributed by atoms with Gasteiger partial charge in [0.1, 0.15) is 0 Å². The fourth-order valence-electron chi connectivity index (χ4n) is 2.13. The van der Waals surface area contributed by atoms with Crippen molar-refractivity contribution in [3.05, 3.63) is 10.6 Å². The van der Waals surface area contributed by atoms with Crippen molar-refractivity contribution >= 4 is 16.5 Å². The molecule has 1 aliphatic heterocycles. The molecule has 1 atom stereocenters. The average Bonchev–Trinajstić information content (AvgIpc) is 2.80. The van der Waals surface area contributed by atoms with Crippen molar-refractivity contribution in [3.8, 4) is 0 Å². The summed E-state index contributed by atoms with van der Waals surface area (Å²) in [5.74, 6) is 0. The maximum atomic E-state index is 5.48. The number of morpholine rings is 1. The van der Waals surface area contributed by atoms with Crippen molar-refractivity contribution in [2.45, 2.75) is 33.0 Å². The van der Waals surface area contributed by atoms with Crippen molar-refractivity contribution in [1.29, 1.82) is 0 Å². The molecule has 1 unspecified atom stereocenters. The number of aromatic nitrogens is 1. The summed E-state index contributed by atoms with van der Waals surface area (Å²) in [7, 11) is 1.72. The average molecular weight is 285 g/mol. The molecule has 1 aromatic rings. The molecule has 2 heterocycles. The Morgan fingerprint density at radius 2 is 2.42 bits per heavy atom. The van der Waals surface area contributed by atoms with E-state index < -0.39 is 0 Å². The van der Waals surface area contributed by atoms with Crippen molar-refractivity contribution in [2.75, 3.05) is 38.3 Å². The van der Waals surface area contributed by atoms with Gasteiger partial charge in [-0.05, 0) is 13.5 Å². The van der Waals surface area contributed by atoms with Gasteiger partial charge in [-0.15, -0.1) is 11.3 Å². The lowest BCUT2D eigenvalue weighted by Gasteiger charge is -2.32. The molecule has 0 bridgehead atoms. The van der Waals surface area contributed by atoms with Crippen LogP contribution in [-0.2, 0) is 22.6 Å². The SMILES string of the molecule is CCNCc1sc(N2CCOCC2C)nc1COC. The molecule has 1 aliphatic rings. The van der Waals surface area contributed by atoms with Crippen LogP contribution in [0.5, 0.6) is 0 Å². The van der Waals surface area contributed by atoms with E-state index in [2.05, 4.69) is 24.1 Å². The third-order valence-electron chi connectivity index (χ3n) is 3.20. The maximum absolute atomic E-state index is 5.48. The van der Waals surface area contributed by atoms with Crippen molar-refractivity contribution in [3.63, 3.8) is 0 Å². The normalized spacial score (nSPS) is 19.9. The Hall–Kier alpha value is -0.690. The smallest absolute Gasteiger partial charge is 0.186 e. The summed E-state index contributed by atoms with van der Waals surface area (Å²) >= 11 is 1.77. The van der Waals surface area contributed by atoms with E-state index in [9.17, 15) is 0 Å². The van der Waals surface area contributed by atoms with Gasteiger partial charge in [0.25, 0.3) is 0 Å². The molecule has 0 amide bonds. The molecule has 6 heteroatoms. The van der Waals surface area contributed by atoms with E-state index in [1.54, 1.807) is 18.4 Å².